The van der Waals surface area contributed by atoms with Crippen LogP contribution >= 0.6 is 0 Å². The molecule has 1 heterocycles. The third-order valence-corrected chi connectivity index (χ3v) is 2.75. The van der Waals surface area contributed by atoms with E-state index in [0.29, 0.717) is 11.2 Å². The number of benzene rings is 1. The van der Waals surface area contributed by atoms with Crippen molar-refractivity contribution in [3.63, 3.8) is 0 Å². The molecule has 1 aromatic heterocycles. The first-order chi connectivity index (χ1) is 8.27. The standard InChI is InChI=1S/C12H18N4O/c1-3-7-16(8-4-2)10-6-5-9(13)11-12(10)15-17-14-11/h5-6H,3-4,7-8,13H2,1-2H3. The molecule has 1 aromatic carbocycles. The normalized spacial score (nSPS) is 10.9. The van der Waals surface area contributed by atoms with Crippen molar-refractivity contribution in [2.75, 3.05) is 23.7 Å². The Labute approximate surface area is 101 Å². The van der Waals surface area contributed by atoms with Crippen molar-refractivity contribution in [2.45, 2.75) is 26.7 Å². The largest absolute Gasteiger partial charge is 0.397 e. The Morgan fingerprint density at radius 2 is 1.76 bits per heavy atom. The molecule has 0 amide bonds. The molecule has 0 unspecified atom stereocenters. The van der Waals surface area contributed by atoms with E-state index in [4.69, 9.17) is 10.4 Å². The highest BCUT2D eigenvalue weighted by Gasteiger charge is 2.14. The molecular formula is C12H18N4O. The lowest BCUT2D eigenvalue weighted by molar-refractivity contribution is 0.315. The summed E-state index contributed by atoms with van der Waals surface area (Å²) in [6.07, 6.45) is 2.19. The van der Waals surface area contributed by atoms with E-state index in [1.807, 2.05) is 12.1 Å². The number of rotatable bonds is 5. The lowest BCUT2D eigenvalue weighted by atomic mass is 10.2. The molecule has 5 heteroatoms. The zero-order valence-electron chi connectivity index (χ0n) is 10.3. The van der Waals surface area contributed by atoms with Gasteiger partial charge in [0.25, 0.3) is 0 Å². The quantitative estimate of drug-likeness (QED) is 0.805. The van der Waals surface area contributed by atoms with E-state index in [9.17, 15) is 0 Å². The average Bonchev–Trinajstić information content (AvgIpc) is 2.79. The van der Waals surface area contributed by atoms with Crippen LogP contribution < -0.4 is 10.6 Å². The molecule has 0 aliphatic heterocycles. The Hall–Kier alpha value is -1.78. The summed E-state index contributed by atoms with van der Waals surface area (Å²) in [5.74, 6) is 0. The Morgan fingerprint density at radius 3 is 2.41 bits per heavy atom. The Balaban J connectivity index is 2.45. The zero-order valence-corrected chi connectivity index (χ0v) is 10.3. The number of fused-ring (bicyclic) bond motifs is 1. The summed E-state index contributed by atoms with van der Waals surface area (Å²) >= 11 is 0. The molecule has 2 rings (SSSR count). The zero-order chi connectivity index (χ0) is 12.3. The number of nitrogens with two attached hydrogens (primary N) is 1. The van der Waals surface area contributed by atoms with Gasteiger partial charge in [0.1, 0.15) is 0 Å². The number of hydrogen-bond acceptors (Lipinski definition) is 5. The van der Waals surface area contributed by atoms with Crippen molar-refractivity contribution in [1.82, 2.24) is 10.3 Å². The maximum atomic E-state index is 5.84. The van der Waals surface area contributed by atoms with Crippen molar-refractivity contribution < 1.29 is 4.63 Å². The van der Waals surface area contributed by atoms with Crippen LogP contribution in [0.2, 0.25) is 0 Å². The first kappa shape index (κ1) is 11.7. The fourth-order valence-corrected chi connectivity index (χ4v) is 2.02. The monoisotopic (exact) mass is 234 g/mol. The van der Waals surface area contributed by atoms with Crippen molar-refractivity contribution in [3.05, 3.63) is 12.1 Å². The van der Waals surface area contributed by atoms with Gasteiger partial charge in [-0.25, -0.2) is 4.63 Å². The van der Waals surface area contributed by atoms with E-state index in [1.54, 1.807) is 0 Å². The predicted octanol–water partition coefficient (Wildman–Crippen LogP) is 2.43. The maximum absolute atomic E-state index is 5.84. The molecule has 0 bridgehead atoms. The third kappa shape index (κ3) is 2.18. The Morgan fingerprint density at radius 1 is 1.12 bits per heavy atom. The summed E-state index contributed by atoms with van der Waals surface area (Å²) in [5.41, 5.74) is 8.91. The molecule has 5 nitrogen and oxygen atoms in total. The summed E-state index contributed by atoms with van der Waals surface area (Å²) in [5, 5.41) is 7.80. The van der Waals surface area contributed by atoms with Crippen molar-refractivity contribution in [1.29, 1.82) is 0 Å². The molecule has 0 spiro atoms. The van der Waals surface area contributed by atoms with Crippen LogP contribution in [0.4, 0.5) is 11.4 Å². The van der Waals surface area contributed by atoms with Crippen LogP contribution in [0.5, 0.6) is 0 Å². The van der Waals surface area contributed by atoms with Crippen LogP contribution in [-0.4, -0.2) is 23.4 Å². The highest BCUT2D eigenvalue weighted by molar-refractivity contribution is 5.95. The highest BCUT2D eigenvalue weighted by Crippen LogP contribution is 2.28. The lowest BCUT2D eigenvalue weighted by Crippen LogP contribution is -2.25. The fraction of sp³-hybridized carbons (Fsp3) is 0.500. The second kappa shape index (κ2) is 5.03. The molecule has 2 aromatic rings. The average molecular weight is 234 g/mol. The SMILES string of the molecule is CCCN(CCC)c1ccc(N)c2nonc12. The van der Waals surface area contributed by atoms with E-state index in [-0.39, 0.29) is 0 Å². The van der Waals surface area contributed by atoms with Gasteiger partial charge in [-0.2, -0.15) is 0 Å². The van der Waals surface area contributed by atoms with E-state index >= 15 is 0 Å². The minimum Gasteiger partial charge on any atom is -0.397 e. The maximum Gasteiger partial charge on any atom is 0.160 e. The molecule has 17 heavy (non-hydrogen) atoms. The second-order valence-electron chi connectivity index (χ2n) is 4.12. The molecule has 2 N–H and O–H groups in total. The van der Waals surface area contributed by atoms with Gasteiger partial charge >= 0.3 is 0 Å². The van der Waals surface area contributed by atoms with Crippen LogP contribution in [0.3, 0.4) is 0 Å². The van der Waals surface area contributed by atoms with Crippen molar-refractivity contribution in [2.24, 2.45) is 0 Å². The van der Waals surface area contributed by atoms with Gasteiger partial charge in [0.05, 0.1) is 11.4 Å². The minimum atomic E-state index is 0.609. The number of nitrogen functional groups attached to an aromatic ring is 1. The molecule has 0 aliphatic rings. The van der Waals surface area contributed by atoms with E-state index in [1.165, 1.54) is 0 Å². The van der Waals surface area contributed by atoms with Crippen molar-refractivity contribution >= 4 is 22.4 Å². The molecule has 0 saturated heterocycles. The second-order valence-corrected chi connectivity index (χ2v) is 4.12. The summed E-state index contributed by atoms with van der Waals surface area (Å²) in [4.78, 5) is 2.30. The Bertz CT molecular complexity index is 488. The number of anilines is 2. The third-order valence-electron chi connectivity index (χ3n) is 2.75. The van der Waals surface area contributed by atoms with Crippen LogP contribution in [0.25, 0.3) is 11.0 Å². The lowest BCUT2D eigenvalue weighted by Gasteiger charge is -2.23. The van der Waals surface area contributed by atoms with Gasteiger partial charge in [-0.1, -0.05) is 13.8 Å². The van der Waals surface area contributed by atoms with Gasteiger partial charge in [-0.05, 0) is 35.3 Å². The highest BCUT2D eigenvalue weighted by atomic mass is 16.6. The summed E-state index contributed by atoms with van der Waals surface area (Å²) in [6.45, 7) is 6.33. The van der Waals surface area contributed by atoms with Gasteiger partial charge in [-0.15, -0.1) is 0 Å². The van der Waals surface area contributed by atoms with Gasteiger partial charge in [-0.3, -0.25) is 0 Å². The van der Waals surface area contributed by atoms with Gasteiger partial charge in [0, 0.05) is 13.1 Å². The number of nitrogens with zero attached hydrogens (tertiary/aromatic N) is 3. The van der Waals surface area contributed by atoms with Gasteiger partial charge < -0.3 is 10.6 Å². The van der Waals surface area contributed by atoms with E-state index < -0.39 is 0 Å². The van der Waals surface area contributed by atoms with Crippen LogP contribution in [0, 0.1) is 0 Å². The molecular weight excluding hydrogens is 216 g/mol. The summed E-state index contributed by atoms with van der Waals surface area (Å²) in [7, 11) is 0. The summed E-state index contributed by atoms with van der Waals surface area (Å²) in [6, 6.07) is 3.85. The van der Waals surface area contributed by atoms with Crippen molar-refractivity contribution in [3.8, 4) is 0 Å². The van der Waals surface area contributed by atoms with Gasteiger partial charge in [0.2, 0.25) is 0 Å². The van der Waals surface area contributed by atoms with E-state index in [0.717, 1.165) is 37.1 Å². The fourth-order valence-electron chi connectivity index (χ4n) is 2.02. The van der Waals surface area contributed by atoms with E-state index in [2.05, 4.69) is 29.1 Å². The molecule has 0 atom stereocenters. The summed E-state index contributed by atoms with van der Waals surface area (Å²) < 4.78 is 4.79. The first-order valence-corrected chi connectivity index (χ1v) is 6.03. The number of hydrogen-bond donors (Lipinski definition) is 1. The topological polar surface area (TPSA) is 68.2 Å². The molecule has 0 fully saturated rings. The molecule has 0 aliphatic carbocycles. The van der Waals surface area contributed by atoms with Crippen LogP contribution in [0.1, 0.15) is 26.7 Å². The smallest absolute Gasteiger partial charge is 0.160 e. The predicted molar refractivity (Wildman–Crippen MR) is 69.0 cm³/mol. The Kier molecular flexibility index (Phi) is 3.46. The molecule has 92 valence electrons. The number of aromatic nitrogens is 2. The van der Waals surface area contributed by atoms with Gasteiger partial charge in [0.15, 0.2) is 11.0 Å². The first-order valence-electron chi connectivity index (χ1n) is 6.03. The van der Waals surface area contributed by atoms with Crippen LogP contribution in [-0.2, 0) is 0 Å². The molecule has 0 saturated carbocycles. The minimum absolute atomic E-state index is 0.609. The molecule has 0 radical (unpaired) electrons. The van der Waals surface area contributed by atoms with Crippen LogP contribution in [0.15, 0.2) is 16.8 Å².